The first-order valence-electron chi connectivity index (χ1n) is 8.68. The average molecular weight is 403 g/mol. The molecule has 0 aliphatic carbocycles. The number of nitrogens with one attached hydrogen (secondary N) is 1. The lowest BCUT2D eigenvalue weighted by Crippen LogP contribution is -2.35. The van der Waals surface area contributed by atoms with Crippen LogP contribution in [-0.2, 0) is 16.6 Å². The van der Waals surface area contributed by atoms with E-state index in [-0.39, 0.29) is 29.8 Å². The van der Waals surface area contributed by atoms with Gasteiger partial charge >= 0.3 is 0 Å². The maximum Gasteiger partial charge on any atom is 0.240 e. The lowest BCUT2D eigenvalue weighted by molar-refractivity contribution is 0.299. The number of sulfonamides is 1. The second-order valence-electron chi connectivity index (χ2n) is 6.59. The van der Waals surface area contributed by atoms with E-state index in [1.165, 1.54) is 24.8 Å². The van der Waals surface area contributed by atoms with Crippen molar-refractivity contribution in [2.45, 2.75) is 17.5 Å². The van der Waals surface area contributed by atoms with Crippen molar-refractivity contribution < 1.29 is 12.8 Å². The molecule has 1 aromatic heterocycles. The van der Waals surface area contributed by atoms with Crippen molar-refractivity contribution in [3.8, 4) is 0 Å². The molecule has 0 unspecified atom stereocenters. The van der Waals surface area contributed by atoms with E-state index in [1.54, 1.807) is 41.1 Å². The van der Waals surface area contributed by atoms with Crippen LogP contribution in [0.3, 0.4) is 0 Å². The van der Waals surface area contributed by atoms with Gasteiger partial charge in [-0.1, -0.05) is 30.3 Å². The van der Waals surface area contributed by atoms with E-state index in [1.807, 2.05) is 19.0 Å². The van der Waals surface area contributed by atoms with E-state index in [4.69, 9.17) is 0 Å². The second kappa shape index (κ2) is 8.59. The second-order valence-corrected chi connectivity index (χ2v) is 8.32. The summed E-state index contributed by atoms with van der Waals surface area (Å²) < 4.78 is 43.7. The van der Waals surface area contributed by atoms with Crippen LogP contribution in [0.1, 0.15) is 17.2 Å². The maximum absolute atomic E-state index is 13.6. The molecular formula is C19H22FN5O2S. The zero-order chi connectivity index (χ0) is 20.1. The fourth-order valence-corrected chi connectivity index (χ4v) is 4.23. The van der Waals surface area contributed by atoms with Gasteiger partial charge in [-0.05, 0) is 43.4 Å². The van der Waals surface area contributed by atoms with E-state index in [0.29, 0.717) is 11.1 Å². The minimum atomic E-state index is -3.77. The summed E-state index contributed by atoms with van der Waals surface area (Å²) in [5.41, 5.74) is 1.30. The maximum atomic E-state index is 13.6. The Hall–Kier alpha value is -2.62. The van der Waals surface area contributed by atoms with Crippen LogP contribution in [0.25, 0.3) is 0 Å². The van der Waals surface area contributed by atoms with E-state index >= 15 is 0 Å². The van der Waals surface area contributed by atoms with Gasteiger partial charge in [0.15, 0.2) is 0 Å². The van der Waals surface area contributed by atoms with Crippen LogP contribution < -0.4 is 4.72 Å². The van der Waals surface area contributed by atoms with Gasteiger partial charge in [0.25, 0.3) is 0 Å². The summed E-state index contributed by atoms with van der Waals surface area (Å²) in [4.78, 5) is 5.91. The van der Waals surface area contributed by atoms with Gasteiger partial charge in [-0.2, -0.15) is 5.10 Å². The highest BCUT2D eigenvalue weighted by molar-refractivity contribution is 7.89. The van der Waals surface area contributed by atoms with Gasteiger partial charge in [0.2, 0.25) is 10.0 Å². The molecule has 0 spiro atoms. The summed E-state index contributed by atoms with van der Waals surface area (Å²) in [7, 11) is -0.129. The summed E-state index contributed by atoms with van der Waals surface area (Å²) in [5, 5.41) is 4.03. The van der Waals surface area contributed by atoms with Crippen LogP contribution >= 0.6 is 0 Å². The Morgan fingerprint density at radius 3 is 2.64 bits per heavy atom. The summed E-state index contributed by atoms with van der Waals surface area (Å²) >= 11 is 0. The number of benzene rings is 2. The molecule has 0 amide bonds. The number of hydrogen-bond acceptors (Lipinski definition) is 5. The van der Waals surface area contributed by atoms with Gasteiger partial charge < -0.3 is 4.90 Å². The fourth-order valence-electron chi connectivity index (χ4n) is 2.96. The predicted molar refractivity (Wildman–Crippen MR) is 104 cm³/mol. The van der Waals surface area contributed by atoms with Crippen LogP contribution in [-0.4, -0.2) is 48.7 Å². The largest absolute Gasteiger partial charge is 0.301 e. The van der Waals surface area contributed by atoms with E-state index in [2.05, 4.69) is 14.8 Å². The molecule has 0 saturated carbocycles. The Kier molecular flexibility index (Phi) is 6.18. The molecule has 0 bridgehead atoms. The molecule has 1 heterocycles. The molecule has 9 heteroatoms. The van der Waals surface area contributed by atoms with Crippen molar-refractivity contribution >= 4 is 10.0 Å². The highest BCUT2D eigenvalue weighted by atomic mass is 32.2. The SMILES string of the molecule is CN(C)[C@@H](CNS(=O)(=O)c1ccccc1Cn1cncn1)c1cccc(F)c1. The van der Waals surface area contributed by atoms with Crippen LogP contribution in [0.15, 0.2) is 66.1 Å². The topological polar surface area (TPSA) is 80.1 Å². The number of halogens is 1. The first-order valence-corrected chi connectivity index (χ1v) is 10.2. The summed E-state index contributed by atoms with van der Waals surface area (Å²) in [5.74, 6) is -0.356. The molecule has 3 aromatic rings. The Morgan fingerprint density at radius 1 is 1.18 bits per heavy atom. The van der Waals surface area contributed by atoms with E-state index in [0.717, 1.165) is 0 Å². The van der Waals surface area contributed by atoms with Crippen molar-refractivity contribution in [3.63, 3.8) is 0 Å². The third-order valence-electron chi connectivity index (χ3n) is 4.38. The van der Waals surface area contributed by atoms with Gasteiger partial charge in [0.05, 0.1) is 11.4 Å². The van der Waals surface area contributed by atoms with Crippen LogP contribution in [0, 0.1) is 5.82 Å². The normalized spacial score (nSPS) is 13.0. The molecule has 3 rings (SSSR count). The zero-order valence-corrected chi connectivity index (χ0v) is 16.5. The highest BCUT2D eigenvalue weighted by Crippen LogP contribution is 2.21. The Bertz CT molecular complexity index is 1020. The summed E-state index contributed by atoms with van der Waals surface area (Å²) in [6.07, 6.45) is 2.93. The fraction of sp³-hybridized carbons (Fsp3) is 0.263. The van der Waals surface area contributed by atoms with Crippen LogP contribution in [0.2, 0.25) is 0 Å². The molecule has 0 aliphatic rings. The molecule has 0 radical (unpaired) electrons. The lowest BCUT2D eigenvalue weighted by Gasteiger charge is -2.25. The first-order chi connectivity index (χ1) is 13.4. The zero-order valence-electron chi connectivity index (χ0n) is 15.7. The number of hydrogen-bond donors (Lipinski definition) is 1. The Labute approximate surface area is 163 Å². The third-order valence-corrected chi connectivity index (χ3v) is 5.91. The average Bonchev–Trinajstić information content (AvgIpc) is 3.15. The van der Waals surface area contributed by atoms with Crippen molar-refractivity contribution in [1.82, 2.24) is 24.4 Å². The van der Waals surface area contributed by atoms with Crippen molar-refractivity contribution in [3.05, 3.63) is 78.1 Å². The molecule has 148 valence electrons. The van der Waals surface area contributed by atoms with Crippen molar-refractivity contribution in [2.24, 2.45) is 0 Å². The Balaban J connectivity index is 1.81. The molecule has 0 aliphatic heterocycles. The highest BCUT2D eigenvalue weighted by Gasteiger charge is 2.22. The molecule has 0 fully saturated rings. The first kappa shape index (κ1) is 20.1. The molecule has 1 N–H and O–H groups in total. The molecular weight excluding hydrogens is 381 g/mol. The van der Waals surface area contributed by atoms with Gasteiger partial charge in [0, 0.05) is 12.6 Å². The summed E-state index contributed by atoms with van der Waals surface area (Å²) in [6.45, 7) is 0.397. The van der Waals surface area contributed by atoms with Crippen LogP contribution in [0.5, 0.6) is 0 Å². The van der Waals surface area contributed by atoms with Crippen LogP contribution in [0.4, 0.5) is 4.39 Å². The molecule has 28 heavy (non-hydrogen) atoms. The van der Waals surface area contributed by atoms with Crippen molar-refractivity contribution in [2.75, 3.05) is 20.6 Å². The lowest BCUT2D eigenvalue weighted by atomic mass is 10.1. The number of aromatic nitrogens is 3. The quantitative estimate of drug-likeness (QED) is 0.623. The minimum Gasteiger partial charge on any atom is -0.301 e. The standard InChI is InChI=1S/C19H22FN5O2S/c1-24(2)18(15-7-5-8-17(20)10-15)11-23-28(26,27)19-9-4-3-6-16(19)12-25-14-21-13-22-25/h3-10,13-14,18,23H,11-12H2,1-2H3/t18-/m0/s1. The van der Waals surface area contributed by atoms with Gasteiger partial charge in [-0.25, -0.2) is 27.2 Å². The monoisotopic (exact) mass is 403 g/mol. The molecule has 0 saturated heterocycles. The van der Waals surface area contributed by atoms with Crippen molar-refractivity contribution in [1.29, 1.82) is 0 Å². The van der Waals surface area contributed by atoms with E-state index < -0.39 is 10.0 Å². The minimum absolute atomic E-state index is 0.108. The number of rotatable bonds is 8. The summed E-state index contributed by atoms with van der Waals surface area (Å²) in [6, 6.07) is 12.6. The Morgan fingerprint density at radius 2 is 1.96 bits per heavy atom. The van der Waals surface area contributed by atoms with Gasteiger partial charge in [-0.15, -0.1) is 0 Å². The molecule has 2 aromatic carbocycles. The van der Waals surface area contributed by atoms with E-state index in [9.17, 15) is 12.8 Å². The van der Waals surface area contributed by atoms with Gasteiger partial charge in [-0.3, -0.25) is 0 Å². The third kappa shape index (κ3) is 4.80. The number of nitrogens with zero attached hydrogens (tertiary/aromatic N) is 4. The smallest absolute Gasteiger partial charge is 0.240 e. The number of likely N-dealkylation sites (N-methyl/N-ethyl adjacent to an activating group) is 1. The predicted octanol–water partition coefficient (Wildman–Crippen LogP) is 2.05. The van der Waals surface area contributed by atoms with Gasteiger partial charge in [0.1, 0.15) is 18.5 Å². The molecule has 1 atom stereocenters. The molecule has 7 nitrogen and oxygen atoms in total.